The monoisotopic (exact) mass is 300 g/mol. The predicted molar refractivity (Wildman–Crippen MR) is 84.7 cm³/mol. The van der Waals surface area contributed by atoms with Gasteiger partial charge in [0, 0.05) is 38.1 Å². The molecule has 0 radical (unpaired) electrons. The number of rotatable bonds is 2. The lowest BCUT2D eigenvalue weighted by Gasteiger charge is -2.32. The van der Waals surface area contributed by atoms with Crippen molar-refractivity contribution in [2.45, 2.75) is 19.4 Å². The number of hydrogen-bond acceptors (Lipinski definition) is 4. The van der Waals surface area contributed by atoms with Gasteiger partial charge < -0.3 is 10.2 Å². The van der Waals surface area contributed by atoms with Gasteiger partial charge >= 0.3 is 0 Å². The minimum atomic E-state index is -0.136. The highest BCUT2D eigenvalue weighted by Gasteiger charge is 2.22. The van der Waals surface area contributed by atoms with Crippen LogP contribution in [-0.4, -0.2) is 46.3 Å². The van der Waals surface area contributed by atoms with Gasteiger partial charge in [-0.15, -0.1) is 0 Å². The first-order valence-corrected chi connectivity index (χ1v) is 7.52. The largest absolute Gasteiger partial charge is 0.340 e. The van der Waals surface area contributed by atoms with Crippen molar-refractivity contribution in [2.75, 3.05) is 19.6 Å². The van der Waals surface area contributed by atoms with Crippen LogP contribution in [0.4, 0.5) is 0 Å². The standard InChI is InChI=1S/C16H20N4O2/c1-11-10-20(8-7-17-11)15(21)9-14-12-5-3-4-6-13(12)16(22)19(2)18-14/h3-6,11,17H,7-10H2,1-2H3. The summed E-state index contributed by atoms with van der Waals surface area (Å²) in [4.78, 5) is 26.5. The molecular weight excluding hydrogens is 280 g/mol. The molecule has 1 aliphatic heterocycles. The molecule has 1 saturated heterocycles. The fraction of sp³-hybridized carbons (Fsp3) is 0.438. The Balaban J connectivity index is 1.92. The quantitative estimate of drug-likeness (QED) is 0.866. The Kier molecular flexibility index (Phi) is 3.94. The molecule has 0 bridgehead atoms. The summed E-state index contributed by atoms with van der Waals surface area (Å²) in [5.74, 6) is 0.0599. The predicted octanol–water partition coefficient (Wildman–Crippen LogP) is 0.296. The highest BCUT2D eigenvalue weighted by Crippen LogP contribution is 2.14. The number of carbonyl (C=O) groups excluding carboxylic acids is 1. The SMILES string of the molecule is CC1CN(C(=O)Cc2nn(C)c(=O)c3ccccc23)CCN1. The van der Waals surface area contributed by atoms with Crippen LogP contribution in [0.1, 0.15) is 12.6 Å². The highest BCUT2D eigenvalue weighted by molar-refractivity contribution is 5.88. The van der Waals surface area contributed by atoms with Gasteiger partial charge in [-0.3, -0.25) is 9.59 Å². The van der Waals surface area contributed by atoms with E-state index >= 15 is 0 Å². The first-order chi connectivity index (χ1) is 10.6. The zero-order chi connectivity index (χ0) is 15.7. The molecule has 22 heavy (non-hydrogen) atoms. The lowest BCUT2D eigenvalue weighted by atomic mass is 10.1. The van der Waals surface area contributed by atoms with E-state index in [1.54, 1.807) is 13.1 Å². The third kappa shape index (κ3) is 2.74. The molecule has 2 aromatic rings. The van der Waals surface area contributed by atoms with E-state index < -0.39 is 0 Å². The van der Waals surface area contributed by atoms with Crippen molar-refractivity contribution >= 4 is 16.7 Å². The summed E-state index contributed by atoms with van der Waals surface area (Å²) in [7, 11) is 1.62. The number of benzene rings is 1. The van der Waals surface area contributed by atoms with E-state index in [-0.39, 0.29) is 17.9 Å². The van der Waals surface area contributed by atoms with E-state index in [9.17, 15) is 9.59 Å². The lowest BCUT2D eigenvalue weighted by molar-refractivity contribution is -0.131. The molecule has 1 aromatic heterocycles. The minimum Gasteiger partial charge on any atom is -0.340 e. The average Bonchev–Trinajstić information content (AvgIpc) is 2.52. The molecule has 1 amide bonds. The van der Waals surface area contributed by atoms with Gasteiger partial charge in [-0.1, -0.05) is 18.2 Å². The molecule has 0 aliphatic carbocycles. The topological polar surface area (TPSA) is 67.2 Å². The van der Waals surface area contributed by atoms with Crippen molar-refractivity contribution < 1.29 is 4.79 Å². The van der Waals surface area contributed by atoms with Gasteiger partial charge in [0.05, 0.1) is 17.5 Å². The van der Waals surface area contributed by atoms with Gasteiger partial charge in [-0.05, 0) is 13.0 Å². The molecular formula is C16H20N4O2. The van der Waals surface area contributed by atoms with E-state index in [0.717, 1.165) is 11.9 Å². The van der Waals surface area contributed by atoms with E-state index in [1.165, 1.54) is 4.68 Å². The number of hydrogen-bond donors (Lipinski definition) is 1. The van der Waals surface area contributed by atoms with Crippen molar-refractivity contribution in [3.05, 3.63) is 40.3 Å². The molecule has 3 rings (SSSR count). The Bertz CT molecular complexity index is 768. The molecule has 1 N–H and O–H groups in total. The summed E-state index contributed by atoms with van der Waals surface area (Å²) >= 11 is 0. The van der Waals surface area contributed by atoms with Crippen LogP contribution in [-0.2, 0) is 18.3 Å². The van der Waals surface area contributed by atoms with E-state index in [2.05, 4.69) is 17.3 Å². The maximum Gasteiger partial charge on any atom is 0.274 e. The van der Waals surface area contributed by atoms with Gasteiger partial charge in [-0.2, -0.15) is 5.10 Å². The molecule has 116 valence electrons. The van der Waals surface area contributed by atoms with Gasteiger partial charge in [0.1, 0.15) is 0 Å². The van der Waals surface area contributed by atoms with Crippen LogP contribution in [0.2, 0.25) is 0 Å². The Morgan fingerprint density at radius 2 is 2.09 bits per heavy atom. The second kappa shape index (κ2) is 5.88. The number of aryl methyl sites for hydroxylation is 1. The number of nitrogens with one attached hydrogen (secondary N) is 1. The maximum atomic E-state index is 12.5. The number of aromatic nitrogens is 2. The van der Waals surface area contributed by atoms with Crippen LogP contribution >= 0.6 is 0 Å². The summed E-state index contributed by atoms with van der Waals surface area (Å²) < 4.78 is 1.31. The summed E-state index contributed by atoms with van der Waals surface area (Å²) in [6.07, 6.45) is 0.224. The van der Waals surface area contributed by atoms with Crippen molar-refractivity contribution in [1.29, 1.82) is 0 Å². The van der Waals surface area contributed by atoms with Gasteiger partial charge in [-0.25, -0.2) is 4.68 Å². The highest BCUT2D eigenvalue weighted by atomic mass is 16.2. The van der Waals surface area contributed by atoms with Crippen LogP contribution in [0, 0.1) is 0 Å². The molecule has 1 aromatic carbocycles. The van der Waals surface area contributed by atoms with E-state index in [1.807, 2.05) is 23.1 Å². The smallest absolute Gasteiger partial charge is 0.274 e. The Morgan fingerprint density at radius 1 is 1.36 bits per heavy atom. The first-order valence-electron chi connectivity index (χ1n) is 7.52. The maximum absolute atomic E-state index is 12.5. The summed E-state index contributed by atoms with van der Waals surface area (Å²) in [5, 5.41) is 8.99. The molecule has 2 heterocycles. The fourth-order valence-corrected chi connectivity index (χ4v) is 2.92. The fourth-order valence-electron chi connectivity index (χ4n) is 2.92. The minimum absolute atomic E-state index is 0.0599. The molecule has 1 aliphatic rings. The summed E-state index contributed by atoms with van der Waals surface area (Å²) in [5.41, 5.74) is 0.525. The van der Waals surface area contributed by atoms with Gasteiger partial charge in [0.2, 0.25) is 5.91 Å². The number of fused-ring (bicyclic) bond motifs is 1. The van der Waals surface area contributed by atoms with Gasteiger partial charge in [0.15, 0.2) is 0 Å². The second-order valence-electron chi connectivity index (χ2n) is 5.79. The van der Waals surface area contributed by atoms with Gasteiger partial charge in [0.25, 0.3) is 5.56 Å². The average molecular weight is 300 g/mol. The van der Waals surface area contributed by atoms with Crippen molar-refractivity contribution in [3.63, 3.8) is 0 Å². The summed E-state index contributed by atoms with van der Waals surface area (Å²) in [6.45, 7) is 4.31. The number of nitrogens with zero attached hydrogens (tertiary/aromatic N) is 3. The number of carbonyl (C=O) groups is 1. The van der Waals surface area contributed by atoms with Crippen LogP contribution in [0.25, 0.3) is 10.8 Å². The molecule has 0 saturated carbocycles. The molecule has 1 fully saturated rings. The van der Waals surface area contributed by atoms with Crippen molar-refractivity contribution in [1.82, 2.24) is 20.0 Å². The van der Waals surface area contributed by atoms with Crippen molar-refractivity contribution in [2.24, 2.45) is 7.05 Å². The lowest BCUT2D eigenvalue weighted by Crippen LogP contribution is -2.51. The molecule has 6 heteroatoms. The third-order valence-corrected chi connectivity index (χ3v) is 4.07. The Hall–Kier alpha value is -2.21. The molecule has 1 unspecified atom stereocenters. The Morgan fingerprint density at radius 3 is 2.82 bits per heavy atom. The van der Waals surface area contributed by atoms with Crippen LogP contribution in [0.15, 0.2) is 29.1 Å². The van der Waals surface area contributed by atoms with E-state index in [4.69, 9.17) is 0 Å². The number of piperazine rings is 1. The normalized spacial score (nSPS) is 18.6. The van der Waals surface area contributed by atoms with E-state index in [0.29, 0.717) is 30.2 Å². The number of amides is 1. The zero-order valence-corrected chi connectivity index (χ0v) is 12.9. The first kappa shape index (κ1) is 14.7. The zero-order valence-electron chi connectivity index (χ0n) is 12.9. The summed E-state index contributed by atoms with van der Waals surface area (Å²) in [6, 6.07) is 7.63. The van der Waals surface area contributed by atoms with Crippen LogP contribution in [0.3, 0.4) is 0 Å². The second-order valence-corrected chi connectivity index (χ2v) is 5.79. The van der Waals surface area contributed by atoms with Crippen LogP contribution in [0.5, 0.6) is 0 Å². The third-order valence-electron chi connectivity index (χ3n) is 4.07. The van der Waals surface area contributed by atoms with Crippen LogP contribution < -0.4 is 10.9 Å². The van der Waals surface area contributed by atoms with Crippen molar-refractivity contribution in [3.8, 4) is 0 Å². The molecule has 0 spiro atoms. The molecule has 1 atom stereocenters. The molecule has 6 nitrogen and oxygen atoms in total. The Labute approximate surface area is 128 Å².